The van der Waals surface area contributed by atoms with E-state index in [1.807, 2.05) is 37.3 Å². The number of carbonyl (C=O) groups is 2. The van der Waals surface area contributed by atoms with Crippen molar-refractivity contribution in [3.8, 4) is 0 Å². The first kappa shape index (κ1) is 15.4. The van der Waals surface area contributed by atoms with E-state index < -0.39 is 18.0 Å². The molecule has 1 aromatic carbocycles. The lowest BCUT2D eigenvalue weighted by atomic mass is 9.80. The molecule has 2 atom stereocenters. The fourth-order valence-electron chi connectivity index (χ4n) is 2.51. The van der Waals surface area contributed by atoms with Crippen molar-refractivity contribution >= 4 is 12.0 Å². The molecular formula is C16H22N2O3. The zero-order valence-corrected chi connectivity index (χ0v) is 12.2. The van der Waals surface area contributed by atoms with Gasteiger partial charge in [-0.3, -0.25) is 0 Å². The van der Waals surface area contributed by atoms with E-state index in [0.717, 1.165) is 18.4 Å². The monoisotopic (exact) mass is 290 g/mol. The number of aliphatic carboxylic acids is 1. The van der Waals surface area contributed by atoms with Crippen LogP contribution in [0.1, 0.15) is 31.7 Å². The number of carboxylic acid groups (broad SMARTS) is 1. The van der Waals surface area contributed by atoms with E-state index in [1.54, 1.807) is 0 Å². The number of urea groups is 1. The van der Waals surface area contributed by atoms with Gasteiger partial charge in [0.15, 0.2) is 0 Å². The molecule has 1 aromatic rings. The number of hydrogen-bond donors (Lipinski definition) is 3. The van der Waals surface area contributed by atoms with E-state index >= 15 is 0 Å². The quantitative estimate of drug-likeness (QED) is 0.751. The highest BCUT2D eigenvalue weighted by molar-refractivity contribution is 5.82. The maximum absolute atomic E-state index is 11.9. The molecule has 0 aliphatic heterocycles. The molecule has 1 aliphatic rings. The van der Waals surface area contributed by atoms with Crippen molar-refractivity contribution in [1.29, 1.82) is 0 Å². The molecule has 21 heavy (non-hydrogen) atoms. The molecule has 3 N–H and O–H groups in total. The van der Waals surface area contributed by atoms with Gasteiger partial charge < -0.3 is 15.7 Å². The molecule has 0 heterocycles. The first-order valence-corrected chi connectivity index (χ1v) is 7.40. The molecule has 5 heteroatoms. The van der Waals surface area contributed by atoms with Crippen LogP contribution in [0.15, 0.2) is 30.3 Å². The molecule has 1 fully saturated rings. The summed E-state index contributed by atoms with van der Waals surface area (Å²) in [6.07, 6.45) is 3.76. The minimum absolute atomic E-state index is 0.0879. The summed E-state index contributed by atoms with van der Waals surface area (Å²) < 4.78 is 0. The maximum Gasteiger partial charge on any atom is 0.326 e. The summed E-state index contributed by atoms with van der Waals surface area (Å²) in [6.45, 7) is 1.97. The minimum Gasteiger partial charge on any atom is -0.480 e. The van der Waals surface area contributed by atoms with Crippen LogP contribution in [0.2, 0.25) is 0 Å². The number of hydrogen-bond acceptors (Lipinski definition) is 2. The predicted molar refractivity (Wildman–Crippen MR) is 80.0 cm³/mol. The average Bonchev–Trinajstić information content (AvgIpc) is 2.36. The zero-order valence-electron chi connectivity index (χ0n) is 12.2. The van der Waals surface area contributed by atoms with Crippen LogP contribution in [-0.4, -0.2) is 29.2 Å². The van der Waals surface area contributed by atoms with Crippen LogP contribution in [0.25, 0.3) is 0 Å². The number of carbonyl (C=O) groups excluding carboxylic acids is 1. The normalized spacial score (nSPS) is 17.4. The van der Waals surface area contributed by atoms with Crippen molar-refractivity contribution in [2.24, 2.45) is 5.92 Å². The standard InChI is InChI=1S/C16H22N2O3/c1-11(13-8-5-9-13)17-16(21)18-14(15(19)20)10-12-6-3-2-4-7-12/h2-4,6-7,11,13-14H,5,8-10H2,1H3,(H,19,20)(H2,17,18,21)/t11?,14-/m0/s1. The van der Waals surface area contributed by atoms with Gasteiger partial charge in [0.25, 0.3) is 0 Å². The zero-order chi connectivity index (χ0) is 15.2. The highest BCUT2D eigenvalue weighted by Gasteiger charge is 2.26. The molecule has 0 spiro atoms. The Labute approximate surface area is 124 Å². The molecule has 1 unspecified atom stereocenters. The summed E-state index contributed by atoms with van der Waals surface area (Å²) >= 11 is 0. The van der Waals surface area contributed by atoms with Gasteiger partial charge in [-0.2, -0.15) is 0 Å². The van der Waals surface area contributed by atoms with Gasteiger partial charge >= 0.3 is 12.0 Å². The molecule has 1 aliphatic carbocycles. The molecule has 0 aromatic heterocycles. The first-order valence-electron chi connectivity index (χ1n) is 7.40. The van der Waals surface area contributed by atoms with E-state index in [0.29, 0.717) is 5.92 Å². The molecule has 1 saturated carbocycles. The van der Waals surface area contributed by atoms with Crippen molar-refractivity contribution in [1.82, 2.24) is 10.6 Å². The lowest BCUT2D eigenvalue weighted by molar-refractivity contribution is -0.139. The predicted octanol–water partition coefficient (Wildman–Crippen LogP) is 2.17. The van der Waals surface area contributed by atoms with E-state index in [9.17, 15) is 14.7 Å². The van der Waals surface area contributed by atoms with Gasteiger partial charge in [0.2, 0.25) is 0 Å². The highest BCUT2D eigenvalue weighted by Crippen LogP contribution is 2.29. The molecule has 2 rings (SSSR count). The Bertz CT molecular complexity index is 486. The van der Waals surface area contributed by atoms with E-state index in [-0.39, 0.29) is 12.5 Å². The Balaban J connectivity index is 1.86. The van der Waals surface area contributed by atoms with E-state index in [4.69, 9.17) is 0 Å². The minimum atomic E-state index is -1.02. The molecule has 0 saturated heterocycles. The summed E-state index contributed by atoms with van der Waals surface area (Å²) in [5.74, 6) is -0.501. The summed E-state index contributed by atoms with van der Waals surface area (Å²) in [5, 5.41) is 14.6. The Kier molecular flexibility index (Phi) is 5.20. The van der Waals surface area contributed by atoms with Crippen LogP contribution in [-0.2, 0) is 11.2 Å². The maximum atomic E-state index is 11.9. The fourth-order valence-corrected chi connectivity index (χ4v) is 2.51. The second-order valence-corrected chi connectivity index (χ2v) is 5.68. The summed E-state index contributed by atoms with van der Waals surface area (Å²) in [7, 11) is 0. The molecule has 2 amide bonds. The Hall–Kier alpha value is -2.04. The number of nitrogens with one attached hydrogen (secondary N) is 2. The first-order chi connectivity index (χ1) is 10.1. The second kappa shape index (κ2) is 7.11. The van der Waals surface area contributed by atoms with Crippen LogP contribution < -0.4 is 10.6 Å². The number of benzene rings is 1. The third kappa shape index (κ3) is 4.48. The molecule has 114 valence electrons. The van der Waals surface area contributed by atoms with Gasteiger partial charge in [0.05, 0.1) is 0 Å². The largest absolute Gasteiger partial charge is 0.480 e. The van der Waals surface area contributed by atoms with E-state index in [1.165, 1.54) is 6.42 Å². The van der Waals surface area contributed by atoms with Gasteiger partial charge in [0.1, 0.15) is 6.04 Å². The molecule has 0 radical (unpaired) electrons. The van der Waals surface area contributed by atoms with Crippen molar-refractivity contribution in [3.05, 3.63) is 35.9 Å². The van der Waals surface area contributed by atoms with Gasteiger partial charge in [-0.05, 0) is 31.2 Å². The van der Waals surface area contributed by atoms with E-state index in [2.05, 4.69) is 10.6 Å². The number of rotatable bonds is 6. The van der Waals surface area contributed by atoms with Crippen LogP contribution in [0.4, 0.5) is 4.79 Å². The van der Waals surface area contributed by atoms with Crippen LogP contribution >= 0.6 is 0 Å². The fraction of sp³-hybridized carbons (Fsp3) is 0.500. The summed E-state index contributed by atoms with van der Waals surface area (Å²) in [6, 6.07) is 8.06. The van der Waals surface area contributed by atoms with Crippen molar-refractivity contribution in [3.63, 3.8) is 0 Å². The van der Waals surface area contributed by atoms with Crippen molar-refractivity contribution in [2.75, 3.05) is 0 Å². The van der Waals surface area contributed by atoms with Gasteiger partial charge in [-0.25, -0.2) is 9.59 Å². The van der Waals surface area contributed by atoms with Gasteiger partial charge in [-0.15, -0.1) is 0 Å². The second-order valence-electron chi connectivity index (χ2n) is 5.68. The third-order valence-electron chi connectivity index (χ3n) is 4.10. The van der Waals surface area contributed by atoms with Crippen molar-refractivity contribution in [2.45, 2.75) is 44.7 Å². The van der Waals surface area contributed by atoms with Gasteiger partial charge in [-0.1, -0.05) is 36.8 Å². The molecular weight excluding hydrogens is 268 g/mol. The topological polar surface area (TPSA) is 78.4 Å². The lowest BCUT2D eigenvalue weighted by Crippen LogP contribution is -2.51. The van der Waals surface area contributed by atoms with Crippen LogP contribution in [0.5, 0.6) is 0 Å². The smallest absolute Gasteiger partial charge is 0.326 e. The third-order valence-corrected chi connectivity index (χ3v) is 4.10. The van der Waals surface area contributed by atoms with Crippen LogP contribution in [0, 0.1) is 5.92 Å². The molecule has 5 nitrogen and oxygen atoms in total. The SMILES string of the molecule is CC(NC(=O)N[C@@H](Cc1ccccc1)C(=O)O)C1CCC1. The molecule has 0 bridgehead atoms. The summed E-state index contributed by atoms with van der Waals surface area (Å²) in [5.41, 5.74) is 0.886. The Morgan fingerprint density at radius 2 is 1.90 bits per heavy atom. The number of amides is 2. The van der Waals surface area contributed by atoms with Gasteiger partial charge in [0, 0.05) is 12.5 Å². The summed E-state index contributed by atoms with van der Waals surface area (Å²) in [4.78, 5) is 23.2. The lowest BCUT2D eigenvalue weighted by Gasteiger charge is -2.32. The Morgan fingerprint density at radius 3 is 2.43 bits per heavy atom. The highest BCUT2D eigenvalue weighted by atomic mass is 16.4. The van der Waals surface area contributed by atoms with Crippen LogP contribution in [0.3, 0.4) is 0 Å². The number of carboxylic acids is 1. The van der Waals surface area contributed by atoms with Crippen molar-refractivity contribution < 1.29 is 14.7 Å². The average molecular weight is 290 g/mol. The Morgan fingerprint density at radius 1 is 1.24 bits per heavy atom.